The first-order valence-electron chi connectivity index (χ1n) is 6.11. The van der Waals surface area contributed by atoms with Gasteiger partial charge in [-0.05, 0) is 31.0 Å². The number of nitrogens with one attached hydrogen (secondary N) is 2. The number of hydrogen-bond donors (Lipinski definition) is 3. The molecule has 1 saturated carbocycles. The number of rotatable bonds is 6. The van der Waals surface area contributed by atoms with Gasteiger partial charge in [0.15, 0.2) is 0 Å². The van der Waals surface area contributed by atoms with Gasteiger partial charge < -0.3 is 10.4 Å². The number of amides is 1. The summed E-state index contributed by atoms with van der Waals surface area (Å²) in [6.07, 6.45) is 1.80. The van der Waals surface area contributed by atoms with Crippen LogP contribution in [0.15, 0.2) is 23.1 Å². The van der Waals surface area contributed by atoms with Gasteiger partial charge in [-0.25, -0.2) is 17.9 Å². The second kappa shape index (κ2) is 6.00. The lowest BCUT2D eigenvalue weighted by Crippen LogP contribution is -2.37. The Morgan fingerprint density at radius 3 is 2.57 bits per heavy atom. The Bertz CT molecular complexity index is 685. The highest BCUT2D eigenvalue weighted by molar-refractivity contribution is 7.89. The molecule has 0 unspecified atom stereocenters. The SMILES string of the molecule is O=C(CNS(=O)(=O)c1ccc(Cl)c(C(=O)O)c1)NC1CC1. The maximum Gasteiger partial charge on any atom is 0.337 e. The number of hydrogen-bond acceptors (Lipinski definition) is 4. The molecule has 0 aromatic heterocycles. The van der Waals surface area contributed by atoms with Crippen molar-refractivity contribution in [2.45, 2.75) is 23.8 Å². The first kappa shape index (κ1) is 15.7. The van der Waals surface area contributed by atoms with Gasteiger partial charge in [-0.2, -0.15) is 0 Å². The quantitative estimate of drug-likeness (QED) is 0.706. The molecule has 3 N–H and O–H groups in total. The number of sulfonamides is 1. The van der Waals surface area contributed by atoms with Crippen LogP contribution in [0.1, 0.15) is 23.2 Å². The van der Waals surface area contributed by atoms with Gasteiger partial charge in [0.05, 0.1) is 22.0 Å². The van der Waals surface area contributed by atoms with E-state index in [1.54, 1.807) is 0 Å². The Labute approximate surface area is 126 Å². The number of carboxylic acids is 1. The molecule has 114 valence electrons. The zero-order valence-electron chi connectivity index (χ0n) is 10.8. The molecule has 7 nitrogen and oxygen atoms in total. The number of benzene rings is 1. The van der Waals surface area contributed by atoms with Crippen molar-refractivity contribution in [1.29, 1.82) is 0 Å². The Hall–Kier alpha value is -1.64. The topological polar surface area (TPSA) is 113 Å². The van der Waals surface area contributed by atoms with Crippen LogP contribution in [0.5, 0.6) is 0 Å². The number of aromatic carboxylic acids is 1. The van der Waals surface area contributed by atoms with E-state index in [0.717, 1.165) is 18.9 Å². The van der Waals surface area contributed by atoms with Gasteiger partial charge in [-0.15, -0.1) is 0 Å². The van der Waals surface area contributed by atoms with Gasteiger partial charge in [0.25, 0.3) is 0 Å². The number of carbonyl (C=O) groups is 2. The molecule has 0 spiro atoms. The van der Waals surface area contributed by atoms with Crippen LogP contribution in [0.25, 0.3) is 0 Å². The van der Waals surface area contributed by atoms with E-state index in [4.69, 9.17) is 16.7 Å². The minimum atomic E-state index is -3.98. The highest BCUT2D eigenvalue weighted by atomic mass is 35.5. The summed E-state index contributed by atoms with van der Waals surface area (Å²) in [5.41, 5.74) is -0.318. The maximum absolute atomic E-state index is 12.0. The van der Waals surface area contributed by atoms with Gasteiger partial charge in [0.2, 0.25) is 15.9 Å². The second-order valence-corrected chi connectivity index (χ2v) is 6.79. The van der Waals surface area contributed by atoms with Gasteiger partial charge in [0, 0.05) is 6.04 Å². The zero-order valence-corrected chi connectivity index (χ0v) is 12.4. The monoisotopic (exact) mass is 332 g/mol. The Morgan fingerprint density at radius 2 is 2.00 bits per heavy atom. The van der Waals surface area contributed by atoms with Crippen LogP contribution in [0.4, 0.5) is 0 Å². The highest BCUT2D eigenvalue weighted by Crippen LogP contribution is 2.20. The molecule has 1 aromatic rings. The molecule has 0 radical (unpaired) electrons. The minimum Gasteiger partial charge on any atom is -0.478 e. The molecule has 0 atom stereocenters. The van der Waals surface area contributed by atoms with Gasteiger partial charge in [-0.3, -0.25) is 4.79 Å². The fourth-order valence-electron chi connectivity index (χ4n) is 1.59. The lowest BCUT2D eigenvalue weighted by molar-refractivity contribution is -0.120. The van der Waals surface area contributed by atoms with Crippen molar-refractivity contribution in [2.24, 2.45) is 0 Å². The largest absolute Gasteiger partial charge is 0.478 e. The molecule has 1 aliphatic rings. The van der Waals surface area contributed by atoms with E-state index < -0.39 is 28.4 Å². The fourth-order valence-corrected chi connectivity index (χ4v) is 2.79. The van der Waals surface area contributed by atoms with Crippen LogP contribution >= 0.6 is 11.6 Å². The average molecular weight is 333 g/mol. The molecule has 0 saturated heterocycles. The molecule has 0 heterocycles. The lowest BCUT2D eigenvalue weighted by Gasteiger charge is -2.08. The second-order valence-electron chi connectivity index (χ2n) is 4.61. The van der Waals surface area contributed by atoms with Crippen LogP contribution < -0.4 is 10.0 Å². The molecule has 1 fully saturated rings. The number of carboxylic acid groups (broad SMARTS) is 1. The van der Waals surface area contributed by atoms with E-state index in [1.165, 1.54) is 12.1 Å². The van der Waals surface area contributed by atoms with Crippen molar-refractivity contribution in [2.75, 3.05) is 6.54 Å². The minimum absolute atomic E-state index is 0.0621. The van der Waals surface area contributed by atoms with Crippen LogP contribution in [0.3, 0.4) is 0 Å². The average Bonchev–Trinajstić information content (AvgIpc) is 3.20. The van der Waals surface area contributed by atoms with Gasteiger partial charge >= 0.3 is 5.97 Å². The zero-order chi connectivity index (χ0) is 15.6. The predicted molar refractivity (Wildman–Crippen MR) is 74.8 cm³/mol. The first-order chi connectivity index (χ1) is 9.79. The van der Waals surface area contributed by atoms with E-state index in [9.17, 15) is 18.0 Å². The molecule has 9 heteroatoms. The standard InChI is InChI=1S/C12H13ClN2O5S/c13-10-4-3-8(5-9(10)12(17)18)21(19,20)14-6-11(16)15-7-1-2-7/h3-5,7,14H,1-2,6H2,(H,15,16)(H,17,18). The summed E-state index contributed by atoms with van der Waals surface area (Å²) >= 11 is 5.67. The molecular weight excluding hydrogens is 320 g/mol. The van der Waals surface area contributed by atoms with Crippen LogP contribution in [-0.2, 0) is 14.8 Å². The Morgan fingerprint density at radius 1 is 1.33 bits per heavy atom. The third-order valence-electron chi connectivity index (χ3n) is 2.84. The number of halogens is 1. The third-order valence-corrected chi connectivity index (χ3v) is 4.57. The molecule has 1 aromatic carbocycles. The van der Waals surface area contributed by atoms with E-state index >= 15 is 0 Å². The van der Waals surface area contributed by atoms with Crippen LogP contribution in [0, 0.1) is 0 Å². The highest BCUT2D eigenvalue weighted by Gasteiger charge is 2.24. The molecule has 0 bridgehead atoms. The summed E-state index contributed by atoms with van der Waals surface area (Å²) in [7, 11) is -3.98. The van der Waals surface area contributed by atoms with Crippen molar-refractivity contribution in [3.05, 3.63) is 28.8 Å². The maximum atomic E-state index is 12.0. The molecule has 2 rings (SSSR count). The Kier molecular flexibility index (Phi) is 4.50. The number of carbonyl (C=O) groups excluding carboxylic acids is 1. The molecule has 0 aliphatic heterocycles. The molecule has 21 heavy (non-hydrogen) atoms. The van der Waals surface area contributed by atoms with Gasteiger partial charge in [0.1, 0.15) is 0 Å². The van der Waals surface area contributed by atoms with E-state index in [2.05, 4.69) is 10.0 Å². The first-order valence-corrected chi connectivity index (χ1v) is 7.97. The van der Waals surface area contributed by atoms with Crippen molar-refractivity contribution < 1.29 is 23.1 Å². The summed E-state index contributed by atoms with van der Waals surface area (Å²) in [5, 5.41) is 11.5. The molecular formula is C12H13ClN2O5S. The van der Waals surface area contributed by atoms with Crippen molar-refractivity contribution >= 4 is 33.5 Å². The van der Waals surface area contributed by atoms with Gasteiger partial charge in [-0.1, -0.05) is 11.6 Å². The normalized spacial score (nSPS) is 14.7. The fraction of sp³-hybridized carbons (Fsp3) is 0.333. The van der Waals surface area contributed by atoms with E-state index in [1.807, 2.05) is 0 Å². The van der Waals surface area contributed by atoms with Crippen LogP contribution in [0.2, 0.25) is 5.02 Å². The molecule has 1 aliphatic carbocycles. The van der Waals surface area contributed by atoms with Crippen molar-refractivity contribution in [1.82, 2.24) is 10.0 Å². The summed E-state index contributed by atoms with van der Waals surface area (Å²) in [4.78, 5) is 22.1. The van der Waals surface area contributed by atoms with Crippen LogP contribution in [-0.4, -0.2) is 38.0 Å². The third kappa shape index (κ3) is 4.16. The summed E-state index contributed by atoms with van der Waals surface area (Å²) < 4.78 is 26.1. The smallest absolute Gasteiger partial charge is 0.337 e. The van der Waals surface area contributed by atoms with Crippen molar-refractivity contribution in [3.63, 3.8) is 0 Å². The van der Waals surface area contributed by atoms with Crippen molar-refractivity contribution in [3.8, 4) is 0 Å². The summed E-state index contributed by atoms with van der Waals surface area (Å²) in [6, 6.07) is 3.45. The van der Waals surface area contributed by atoms with E-state index in [-0.39, 0.29) is 21.5 Å². The lowest BCUT2D eigenvalue weighted by atomic mass is 10.2. The predicted octanol–water partition coefficient (Wildman–Crippen LogP) is 0.595. The summed E-state index contributed by atoms with van der Waals surface area (Å²) in [6.45, 7) is -0.399. The molecule has 1 amide bonds. The Balaban J connectivity index is 2.09. The summed E-state index contributed by atoms with van der Waals surface area (Å²) in [5.74, 6) is -1.75. The van der Waals surface area contributed by atoms with E-state index in [0.29, 0.717) is 0 Å².